The molecule has 4 nitrogen and oxygen atoms in total. The van der Waals surface area contributed by atoms with Crippen LogP contribution in [-0.4, -0.2) is 18.7 Å². The summed E-state index contributed by atoms with van der Waals surface area (Å²) in [5.74, 6) is 0.0912. The average molecular weight is 439 g/mol. The van der Waals surface area contributed by atoms with Crippen molar-refractivity contribution in [3.05, 3.63) is 99.2 Å². The SMILES string of the molecule is COc1ccc(C(=O)Cc2c(Cl)cccc2Cl)c2cc(C(=O)c3ccccc3)oc12. The van der Waals surface area contributed by atoms with Crippen LogP contribution in [-0.2, 0) is 6.42 Å². The summed E-state index contributed by atoms with van der Waals surface area (Å²) in [6.07, 6.45) is 0.0209. The second kappa shape index (κ2) is 8.34. The number of furan rings is 1. The van der Waals surface area contributed by atoms with Gasteiger partial charge in [-0.3, -0.25) is 9.59 Å². The van der Waals surface area contributed by atoms with Gasteiger partial charge in [-0.05, 0) is 35.9 Å². The van der Waals surface area contributed by atoms with Gasteiger partial charge in [0.2, 0.25) is 5.78 Å². The van der Waals surface area contributed by atoms with E-state index in [0.717, 1.165) is 0 Å². The normalized spacial score (nSPS) is 10.9. The maximum absolute atomic E-state index is 13.1. The van der Waals surface area contributed by atoms with E-state index in [1.165, 1.54) is 7.11 Å². The van der Waals surface area contributed by atoms with Crippen molar-refractivity contribution >= 4 is 45.7 Å². The van der Waals surface area contributed by atoms with Crippen molar-refractivity contribution in [1.82, 2.24) is 0 Å². The van der Waals surface area contributed by atoms with Crippen molar-refractivity contribution in [2.45, 2.75) is 6.42 Å². The van der Waals surface area contributed by atoms with Gasteiger partial charge in [-0.25, -0.2) is 0 Å². The van der Waals surface area contributed by atoms with Crippen LogP contribution < -0.4 is 4.74 Å². The zero-order valence-electron chi connectivity index (χ0n) is 15.9. The highest BCUT2D eigenvalue weighted by Crippen LogP contribution is 2.34. The van der Waals surface area contributed by atoms with Gasteiger partial charge in [0.15, 0.2) is 22.9 Å². The number of rotatable bonds is 6. The molecular weight excluding hydrogens is 423 g/mol. The van der Waals surface area contributed by atoms with Crippen molar-refractivity contribution in [1.29, 1.82) is 0 Å². The Morgan fingerprint density at radius 1 is 0.933 bits per heavy atom. The van der Waals surface area contributed by atoms with Crippen molar-refractivity contribution in [2.75, 3.05) is 7.11 Å². The fraction of sp³-hybridized carbons (Fsp3) is 0.0833. The Bertz CT molecular complexity index is 1240. The third kappa shape index (κ3) is 3.72. The summed E-state index contributed by atoms with van der Waals surface area (Å²) >= 11 is 12.4. The molecule has 0 spiro atoms. The van der Waals surface area contributed by atoms with Crippen LogP contribution in [0.3, 0.4) is 0 Å². The minimum atomic E-state index is -0.276. The summed E-state index contributed by atoms with van der Waals surface area (Å²) in [5, 5.41) is 1.35. The Morgan fingerprint density at radius 2 is 1.63 bits per heavy atom. The topological polar surface area (TPSA) is 56.5 Å². The van der Waals surface area contributed by atoms with Crippen molar-refractivity contribution in [3.8, 4) is 5.75 Å². The number of hydrogen-bond acceptors (Lipinski definition) is 4. The first-order chi connectivity index (χ1) is 14.5. The van der Waals surface area contributed by atoms with Gasteiger partial charge < -0.3 is 9.15 Å². The Hall–Kier alpha value is -3.08. The van der Waals surface area contributed by atoms with Gasteiger partial charge in [-0.15, -0.1) is 0 Å². The molecule has 150 valence electrons. The van der Waals surface area contributed by atoms with Gasteiger partial charge in [0, 0.05) is 33.0 Å². The summed E-state index contributed by atoms with van der Waals surface area (Å²) in [7, 11) is 1.50. The molecule has 0 radical (unpaired) electrons. The van der Waals surface area contributed by atoms with Gasteiger partial charge in [-0.1, -0.05) is 59.6 Å². The maximum atomic E-state index is 13.1. The van der Waals surface area contributed by atoms with Crippen LogP contribution in [0.4, 0.5) is 0 Å². The molecule has 0 N–H and O–H groups in total. The van der Waals surface area contributed by atoms with E-state index in [9.17, 15) is 9.59 Å². The van der Waals surface area contributed by atoms with Crippen LogP contribution in [0, 0.1) is 0 Å². The lowest BCUT2D eigenvalue weighted by atomic mass is 9.99. The van der Waals surface area contributed by atoms with Gasteiger partial charge >= 0.3 is 0 Å². The molecule has 6 heteroatoms. The van der Waals surface area contributed by atoms with E-state index in [4.69, 9.17) is 32.4 Å². The van der Waals surface area contributed by atoms with Crippen molar-refractivity contribution in [2.24, 2.45) is 0 Å². The highest BCUT2D eigenvalue weighted by Gasteiger charge is 2.22. The van der Waals surface area contributed by atoms with E-state index >= 15 is 0 Å². The Kier molecular flexibility index (Phi) is 5.62. The molecule has 0 bridgehead atoms. The van der Waals surface area contributed by atoms with E-state index in [2.05, 4.69) is 0 Å². The molecule has 0 saturated heterocycles. The summed E-state index contributed by atoms with van der Waals surface area (Å²) in [6.45, 7) is 0. The average Bonchev–Trinajstić information content (AvgIpc) is 3.21. The highest BCUT2D eigenvalue weighted by molar-refractivity contribution is 6.36. The number of halogens is 2. The number of Topliss-reactive ketones (excluding diaryl/α,β-unsaturated/α-hetero) is 1. The Balaban J connectivity index is 1.78. The molecule has 0 aliphatic rings. The molecule has 0 fully saturated rings. The van der Waals surface area contributed by atoms with Crippen LogP contribution in [0.15, 0.2) is 71.1 Å². The largest absolute Gasteiger partial charge is 0.493 e. The van der Waals surface area contributed by atoms with E-state index < -0.39 is 0 Å². The molecule has 0 unspecified atom stereocenters. The van der Waals surface area contributed by atoms with Crippen LogP contribution in [0.2, 0.25) is 10.0 Å². The van der Waals surface area contributed by atoms with E-state index in [1.807, 2.05) is 6.07 Å². The number of fused-ring (bicyclic) bond motifs is 1. The molecule has 0 atom stereocenters. The highest BCUT2D eigenvalue weighted by atomic mass is 35.5. The molecule has 0 amide bonds. The second-order valence-electron chi connectivity index (χ2n) is 6.66. The number of hydrogen-bond donors (Lipinski definition) is 0. The predicted octanol–water partition coefficient (Wildman–Crippen LogP) is 6.40. The summed E-state index contributed by atoms with van der Waals surface area (Å²) in [4.78, 5) is 25.9. The molecule has 0 saturated carbocycles. The van der Waals surface area contributed by atoms with Gasteiger partial charge in [0.25, 0.3) is 0 Å². The van der Waals surface area contributed by atoms with Crippen LogP contribution >= 0.6 is 23.2 Å². The van der Waals surface area contributed by atoms with Gasteiger partial charge in [0.05, 0.1) is 7.11 Å². The molecule has 4 rings (SSSR count). The summed E-state index contributed by atoms with van der Waals surface area (Å²) in [5.41, 5.74) is 1.79. The number of carbonyl (C=O) groups excluding carboxylic acids is 2. The number of carbonyl (C=O) groups is 2. The third-order valence-corrected chi connectivity index (χ3v) is 5.53. The first kappa shape index (κ1) is 20.2. The van der Waals surface area contributed by atoms with Crippen LogP contribution in [0.1, 0.15) is 32.0 Å². The number of benzene rings is 3. The Morgan fingerprint density at radius 3 is 2.30 bits per heavy atom. The number of methoxy groups -OCH3 is 1. The molecular formula is C24H16Cl2O4. The van der Waals surface area contributed by atoms with Gasteiger partial charge in [-0.2, -0.15) is 0 Å². The van der Waals surface area contributed by atoms with E-state index in [-0.39, 0.29) is 23.7 Å². The zero-order valence-corrected chi connectivity index (χ0v) is 17.5. The van der Waals surface area contributed by atoms with Crippen LogP contribution in [0.25, 0.3) is 11.0 Å². The first-order valence-corrected chi connectivity index (χ1v) is 9.91. The summed E-state index contributed by atoms with van der Waals surface area (Å²) < 4.78 is 11.2. The molecule has 4 aromatic rings. The zero-order chi connectivity index (χ0) is 21.3. The first-order valence-electron chi connectivity index (χ1n) is 9.16. The summed E-state index contributed by atoms with van der Waals surface area (Å²) in [6, 6.07) is 18.8. The van der Waals surface area contributed by atoms with Gasteiger partial charge in [0.1, 0.15) is 0 Å². The number of ketones is 2. The maximum Gasteiger partial charge on any atom is 0.228 e. The third-order valence-electron chi connectivity index (χ3n) is 4.83. The smallest absolute Gasteiger partial charge is 0.228 e. The number of ether oxygens (including phenoxy) is 1. The lowest BCUT2D eigenvalue weighted by Gasteiger charge is -2.08. The standard InChI is InChI=1S/C24H16Cl2O4/c1-29-21-11-10-15(20(27)12-17-18(25)8-5-9-19(17)26)16-13-22(30-24(16)21)23(28)14-6-3-2-4-7-14/h2-11,13H,12H2,1H3. The minimum Gasteiger partial charge on any atom is -0.493 e. The monoisotopic (exact) mass is 438 g/mol. The molecule has 1 heterocycles. The second-order valence-corrected chi connectivity index (χ2v) is 7.48. The van der Waals surface area contributed by atoms with Crippen LogP contribution in [0.5, 0.6) is 5.75 Å². The molecule has 3 aromatic carbocycles. The molecule has 30 heavy (non-hydrogen) atoms. The lowest BCUT2D eigenvalue weighted by Crippen LogP contribution is -2.05. The van der Waals surface area contributed by atoms with Crippen molar-refractivity contribution in [3.63, 3.8) is 0 Å². The fourth-order valence-electron chi connectivity index (χ4n) is 3.30. The minimum absolute atomic E-state index is 0.0209. The quantitative estimate of drug-likeness (QED) is 0.326. The lowest BCUT2D eigenvalue weighted by molar-refractivity contribution is 0.0991. The van der Waals surface area contributed by atoms with E-state index in [0.29, 0.717) is 43.5 Å². The molecule has 0 aliphatic carbocycles. The molecule has 0 aliphatic heterocycles. The molecule has 1 aromatic heterocycles. The fourth-order valence-corrected chi connectivity index (χ4v) is 3.83. The predicted molar refractivity (Wildman–Crippen MR) is 117 cm³/mol. The van der Waals surface area contributed by atoms with Crippen molar-refractivity contribution < 1.29 is 18.7 Å². The Labute approximate surface area is 183 Å². The van der Waals surface area contributed by atoms with E-state index in [1.54, 1.807) is 60.7 Å².